The van der Waals surface area contributed by atoms with Crippen LogP contribution in [-0.2, 0) is 16.1 Å². The van der Waals surface area contributed by atoms with Gasteiger partial charge in [0.15, 0.2) is 0 Å². The van der Waals surface area contributed by atoms with Gasteiger partial charge in [0.1, 0.15) is 5.65 Å². The van der Waals surface area contributed by atoms with E-state index in [-0.39, 0.29) is 18.4 Å². The third-order valence-electron chi connectivity index (χ3n) is 3.22. The molecule has 2 aromatic heterocycles. The highest BCUT2D eigenvalue weighted by Gasteiger charge is 2.11. The van der Waals surface area contributed by atoms with E-state index in [0.29, 0.717) is 13.1 Å². The van der Waals surface area contributed by atoms with Crippen LogP contribution < -0.4 is 11.1 Å². The van der Waals surface area contributed by atoms with Crippen molar-refractivity contribution in [1.82, 2.24) is 14.7 Å². The predicted molar refractivity (Wildman–Crippen MR) is 76.2 cm³/mol. The van der Waals surface area contributed by atoms with Crippen LogP contribution in [0.4, 0.5) is 0 Å². The Kier molecular flexibility index (Phi) is 4.70. The first-order chi connectivity index (χ1) is 9.63. The number of nitrogens with zero attached hydrogens (tertiary/aromatic N) is 2. The number of aromatic nitrogens is 2. The fraction of sp³-hybridized carbons (Fsp3) is 0.429. The van der Waals surface area contributed by atoms with E-state index < -0.39 is 0 Å². The summed E-state index contributed by atoms with van der Waals surface area (Å²) in [7, 11) is 1.55. The standard InChI is InChI=1S/C14H20N4O2/c1-10-4-3-5-13-17-11(9-18(10)13)8-16-14(19)6-12(7-15)20-2/h3-5,9,12H,6-8,15H2,1-2H3,(H,16,19). The van der Waals surface area contributed by atoms with Gasteiger partial charge in [0.2, 0.25) is 5.91 Å². The molecule has 0 fully saturated rings. The Balaban J connectivity index is 1.96. The number of nitrogens with two attached hydrogens (primary N) is 1. The summed E-state index contributed by atoms with van der Waals surface area (Å²) in [5.74, 6) is -0.0870. The topological polar surface area (TPSA) is 81.6 Å². The lowest BCUT2D eigenvalue weighted by Crippen LogP contribution is -2.31. The van der Waals surface area contributed by atoms with Gasteiger partial charge in [-0.25, -0.2) is 4.98 Å². The van der Waals surface area contributed by atoms with Gasteiger partial charge in [-0.15, -0.1) is 0 Å². The van der Waals surface area contributed by atoms with Crippen LogP contribution in [0.3, 0.4) is 0 Å². The Hall–Kier alpha value is -1.92. The molecular weight excluding hydrogens is 256 g/mol. The molecule has 1 atom stereocenters. The highest BCUT2D eigenvalue weighted by molar-refractivity contribution is 5.76. The molecular formula is C14H20N4O2. The Morgan fingerprint density at radius 3 is 3.00 bits per heavy atom. The maximum absolute atomic E-state index is 11.7. The minimum absolute atomic E-state index is 0.0870. The van der Waals surface area contributed by atoms with Crippen molar-refractivity contribution in [2.45, 2.75) is 26.0 Å². The van der Waals surface area contributed by atoms with Crippen molar-refractivity contribution in [3.63, 3.8) is 0 Å². The minimum atomic E-state index is -0.238. The lowest BCUT2D eigenvalue weighted by atomic mass is 10.2. The highest BCUT2D eigenvalue weighted by Crippen LogP contribution is 2.08. The van der Waals surface area contributed by atoms with Gasteiger partial charge in [-0.1, -0.05) is 6.07 Å². The number of amides is 1. The number of rotatable bonds is 6. The van der Waals surface area contributed by atoms with Gasteiger partial charge in [0, 0.05) is 25.5 Å². The predicted octanol–water partition coefficient (Wildman–Crippen LogP) is 0.623. The molecule has 0 radical (unpaired) electrons. The average Bonchev–Trinajstić information content (AvgIpc) is 2.87. The Bertz CT molecular complexity index is 590. The van der Waals surface area contributed by atoms with Gasteiger partial charge >= 0.3 is 0 Å². The fourth-order valence-electron chi connectivity index (χ4n) is 2.01. The molecule has 0 bridgehead atoms. The third kappa shape index (κ3) is 3.34. The Morgan fingerprint density at radius 1 is 1.55 bits per heavy atom. The van der Waals surface area contributed by atoms with Gasteiger partial charge in [-0.2, -0.15) is 0 Å². The van der Waals surface area contributed by atoms with Crippen molar-refractivity contribution in [2.24, 2.45) is 5.73 Å². The van der Waals surface area contributed by atoms with Crippen molar-refractivity contribution in [3.05, 3.63) is 35.8 Å². The van der Waals surface area contributed by atoms with Crippen molar-refractivity contribution >= 4 is 11.6 Å². The van der Waals surface area contributed by atoms with E-state index >= 15 is 0 Å². The summed E-state index contributed by atoms with van der Waals surface area (Å²) < 4.78 is 7.08. The second kappa shape index (κ2) is 6.49. The molecule has 2 heterocycles. The number of pyridine rings is 1. The van der Waals surface area contributed by atoms with Crippen molar-refractivity contribution in [2.75, 3.05) is 13.7 Å². The van der Waals surface area contributed by atoms with E-state index in [4.69, 9.17) is 10.5 Å². The molecule has 2 rings (SSSR count). The van der Waals surface area contributed by atoms with E-state index in [1.165, 1.54) is 0 Å². The summed E-state index contributed by atoms with van der Waals surface area (Å²) >= 11 is 0. The number of imidazole rings is 1. The summed E-state index contributed by atoms with van der Waals surface area (Å²) in [6.45, 7) is 2.75. The molecule has 3 N–H and O–H groups in total. The molecule has 6 nitrogen and oxygen atoms in total. The number of ether oxygens (including phenoxy) is 1. The zero-order valence-electron chi connectivity index (χ0n) is 11.8. The van der Waals surface area contributed by atoms with Crippen LogP contribution in [0.15, 0.2) is 24.4 Å². The first-order valence-electron chi connectivity index (χ1n) is 6.57. The summed E-state index contributed by atoms with van der Waals surface area (Å²) in [5.41, 5.74) is 8.30. The van der Waals surface area contributed by atoms with Gasteiger partial charge in [0.05, 0.1) is 24.8 Å². The number of methoxy groups -OCH3 is 1. The van der Waals surface area contributed by atoms with Crippen LogP contribution >= 0.6 is 0 Å². The molecule has 2 aromatic rings. The third-order valence-corrected chi connectivity index (χ3v) is 3.22. The number of carbonyl (C=O) groups is 1. The average molecular weight is 276 g/mol. The molecule has 0 aliphatic heterocycles. The number of nitrogens with one attached hydrogen (secondary N) is 1. The molecule has 20 heavy (non-hydrogen) atoms. The molecule has 1 unspecified atom stereocenters. The van der Waals surface area contributed by atoms with Gasteiger partial charge in [-0.05, 0) is 19.1 Å². The smallest absolute Gasteiger partial charge is 0.222 e. The van der Waals surface area contributed by atoms with E-state index in [1.54, 1.807) is 7.11 Å². The number of hydrogen-bond acceptors (Lipinski definition) is 4. The SMILES string of the molecule is COC(CN)CC(=O)NCc1cn2c(C)cccc2n1. The molecule has 6 heteroatoms. The van der Waals surface area contributed by atoms with Crippen LogP contribution in [0.25, 0.3) is 5.65 Å². The molecule has 0 spiro atoms. The summed E-state index contributed by atoms with van der Waals surface area (Å²) in [6, 6.07) is 5.92. The van der Waals surface area contributed by atoms with Crippen molar-refractivity contribution in [3.8, 4) is 0 Å². The van der Waals surface area contributed by atoms with Crippen LogP contribution in [-0.4, -0.2) is 35.1 Å². The largest absolute Gasteiger partial charge is 0.380 e. The zero-order valence-corrected chi connectivity index (χ0v) is 11.8. The fourth-order valence-corrected chi connectivity index (χ4v) is 2.01. The second-order valence-corrected chi connectivity index (χ2v) is 4.70. The second-order valence-electron chi connectivity index (χ2n) is 4.70. The minimum Gasteiger partial charge on any atom is -0.380 e. The van der Waals surface area contributed by atoms with E-state index in [1.807, 2.05) is 35.7 Å². The summed E-state index contributed by atoms with van der Waals surface area (Å²) in [4.78, 5) is 16.2. The van der Waals surface area contributed by atoms with Crippen LogP contribution in [0.2, 0.25) is 0 Å². The monoisotopic (exact) mass is 276 g/mol. The molecule has 0 saturated heterocycles. The molecule has 0 aliphatic rings. The normalized spacial score (nSPS) is 12.6. The van der Waals surface area contributed by atoms with Crippen molar-refractivity contribution < 1.29 is 9.53 Å². The maximum atomic E-state index is 11.7. The number of hydrogen-bond donors (Lipinski definition) is 2. The highest BCUT2D eigenvalue weighted by atomic mass is 16.5. The molecule has 0 aromatic carbocycles. The number of fused-ring (bicyclic) bond motifs is 1. The molecule has 0 aliphatic carbocycles. The van der Waals surface area contributed by atoms with Crippen LogP contribution in [0.1, 0.15) is 17.8 Å². The first kappa shape index (κ1) is 14.5. The lowest BCUT2D eigenvalue weighted by molar-refractivity contribution is -0.123. The maximum Gasteiger partial charge on any atom is 0.222 e. The van der Waals surface area contributed by atoms with Gasteiger partial charge in [0.25, 0.3) is 0 Å². The lowest BCUT2D eigenvalue weighted by Gasteiger charge is -2.11. The van der Waals surface area contributed by atoms with E-state index in [0.717, 1.165) is 17.0 Å². The quantitative estimate of drug-likeness (QED) is 0.810. The van der Waals surface area contributed by atoms with E-state index in [2.05, 4.69) is 10.3 Å². The molecule has 108 valence electrons. The number of aryl methyl sites for hydroxylation is 1. The zero-order chi connectivity index (χ0) is 14.5. The van der Waals surface area contributed by atoms with Crippen LogP contribution in [0, 0.1) is 6.92 Å². The van der Waals surface area contributed by atoms with Gasteiger partial charge in [-0.3, -0.25) is 4.79 Å². The first-order valence-corrected chi connectivity index (χ1v) is 6.57. The van der Waals surface area contributed by atoms with Gasteiger partial charge < -0.3 is 20.2 Å². The van der Waals surface area contributed by atoms with E-state index in [9.17, 15) is 4.79 Å². The number of carbonyl (C=O) groups excluding carboxylic acids is 1. The van der Waals surface area contributed by atoms with Crippen LogP contribution in [0.5, 0.6) is 0 Å². The summed E-state index contributed by atoms with van der Waals surface area (Å²) in [6.07, 6.45) is 1.96. The Labute approximate surface area is 117 Å². The molecule has 1 amide bonds. The van der Waals surface area contributed by atoms with Crippen molar-refractivity contribution in [1.29, 1.82) is 0 Å². The Morgan fingerprint density at radius 2 is 2.35 bits per heavy atom. The summed E-state index contributed by atoms with van der Waals surface area (Å²) in [5, 5.41) is 2.83. The molecule has 0 saturated carbocycles.